The van der Waals surface area contributed by atoms with Crippen LogP contribution in [0.15, 0.2) is 24.3 Å². The number of methoxy groups -OCH3 is 1. The first-order valence-corrected chi connectivity index (χ1v) is 7.30. The molecule has 2 atom stereocenters. The Labute approximate surface area is 119 Å². The standard InChI is InChI=1S/C16H21NO3/c1-20-15-5-3-2-4-11(15)8-16(19)17-12-6-7-13(17)10-14(18)9-12/h2-5,12-14,18H,6-10H2,1H3. The number of hydrogen-bond acceptors (Lipinski definition) is 3. The highest BCUT2D eigenvalue weighted by molar-refractivity contribution is 5.80. The lowest BCUT2D eigenvalue weighted by molar-refractivity contribution is -0.136. The minimum absolute atomic E-state index is 0.161. The second-order valence-electron chi connectivity index (χ2n) is 5.80. The van der Waals surface area contributed by atoms with E-state index in [1.165, 1.54) is 0 Å². The Morgan fingerprint density at radius 2 is 1.95 bits per heavy atom. The predicted octanol–water partition coefficient (Wildman–Crippen LogP) is 1.75. The first-order valence-electron chi connectivity index (χ1n) is 7.30. The van der Waals surface area contributed by atoms with Crippen LogP contribution in [0.4, 0.5) is 0 Å². The molecule has 1 amide bonds. The van der Waals surface area contributed by atoms with Crippen LogP contribution in [0.5, 0.6) is 5.75 Å². The summed E-state index contributed by atoms with van der Waals surface area (Å²) in [4.78, 5) is 14.6. The number of fused-ring (bicyclic) bond motifs is 2. The maximum Gasteiger partial charge on any atom is 0.227 e. The summed E-state index contributed by atoms with van der Waals surface area (Å²) in [5.41, 5.74) is 0.936. The van der Waals surface area contributed by atoms with Crippen LogP contribution in [0.2, 0.25) is 0 Å². The van der Waals surface area contributed by atoms with E-state index in [1.54, 1.807) is 7.11 Å². The molecule has 108 valence electrons. The number of nitrogens with zero attached hydrogens (tertiary/aromatic N) is 1. The van der Waals surface area contributed by atoms with E-state index in [-0.39, 0.29) is 24.1 Å². The van der Waals surface area contributed by atoms with Gasteiger partial charge in [0.1, 0.15) is 5.75 Å². The van der Waals surface area contributed by atoms with Gasteiger partial charge in [-0.1, -0.05) is 18.2 Å². The van der Waals surface area contributed by atoms with Crippen molar-refractivity contribution in [1.82, 2.24) is 4.90 Å². The summed E-state index contributed by atoms with van der Waals surface area (Å²) >= 11 is 0. The number of hydrogen-bond donors (Lipinski definition) is 1. The predicted molar refractivity (Wildman–Crippen MR) is 75.6 cm³/mol. The summed E-state index contributed by atoms with van der Waals surface area (Å²) in [5.74, 6) is 0.930. The molecule has 1 N–H and O–H groups in total. The third-order valence-corrected chi connectivity index (χ3v) is 4.53. The van der Waals surface area contributed by atoms with Crippen molar-refractivity contribution < 1.29 is 14.6 Å². The zero-order chi connectivity index (χ0) is 14.1. The van der Waals surface area contributed by atoms with E-state index < -0.39 is 0 Å². The van der Waals surface area contributed by atoms with Crippen molar-refractivity contribution in [3.63, 3.8) is 0 Å². The van der Waals surface area contributed by atoms with Crippen molar-refractivity contribution >= 4 is 5.91 Å². The van der Waals surface area contributed by atoms with Crippen LogP contribution < -0.4 is 4.74 Å². The van der Waals surface area contributed by atoms with Gasteiger partial charge in [0.15, 0.2) is 0 Å². The molecule has 2 aliphatic heterocycles. The smallest absolute Gasteiger partial charge is 0.227 e. The molecule has 2 aliphatic rings. The second-order valence-corrected chi connectivity index (χ2v) is 5.80. The average molecular weight is 275 g/mol. The summed E-state index contributed by atoms with van der Waals surface area (Å²) in [5, 5.41) is 9.80. The van der Waals surface area contributed by atoms with E-state index in [0.29, 0.717) is 6.42 Å². The molecule has 0 spiro atoms. The number of aliphatic hydroxyl groups excluding tert-OH is 1. The highest BCUT2D eigenvalue weighted by atomic mass is 16.5. The van der Waals surface area contributed by atoms with Crippen LogP contribution in [-0.4, -0.2) is 41.2 Å². The largest absolute Gasteiger partial charge is 0.496 e. The number of ether oxygens (including phenoxy) is 1. The van der Waals surface area contributed by atoms with Crippen LogP contribution in [0, 0.1) is 0 Å². The average Bonchev–Trinajstić information content (AvgIpc) is 2.72. The third-order valence-electron chi connectivity index (χ3n) is 4.53. The van der Waals surface area contributed by atoms with Crippen LogP contribution in [0.3, 0.4) is 0 Å². The van der Waals surface area contributed by atoms with Gasteiger partial charge in [-0.2, -0.15) is 0 Å². The topological polar surface area (TPSA) is 49.8 Å². The molecule has 1 aromatic carbocycles. The molecule has 2 heterocycles. The Balaban J connectivity index is 1.74. The Hall–Kier alpha value is -1.55. The first kappa shape index (κ1) is 13.4. The van der Waals surface area contributed by atoms with Crippen molar-refractivity contribution in [2.24, 2.45) is 0 Å². The van der Waals surface area contributed by atoms with E-state index in [2.05, 4.69) is 0 Å². The lowest BCUT2D eigenvalue weighted by Crippen LogP contribution is -2.48. The van der Waals surface area contributed by atoms with E-state index in [4.69, 9.17) is 4.74 Å². The van der Waals surface area contributed by atoms with Gasteiger partial charge in [-0.25, -0.2) is 0 Å². The first-order chi connectivity index (χ1) is 9.69. The molecule has 0 aliphatic carbocycles. The number of piperidine rings is 1. The molecule has 3 rings (SSSR count). The molecular formula is C16H21NO3. The van der Waals surface area contributed by atoms with Gasteiger partial charge in [0.25, 0.3) is 0 Å². The molecule has 4 nitrogen and oxygen atoms in total. The van der Waals surface area contributed by atoms with Crippen LogP contribution in [0.1, 0.15) is 31.2 Å². The second kappa shape index (κ2) is 5.44. The fourth-order valence-corrected chi connectivity index (χ4v) is 3.66. The number of aliphatic hydroxyl groups is 1. The van der Waals surface area contributed by atoms with Gasteiger partial charge in [-0.15, -0.1) is 0 Å². The van der Waals surface area contributed by atoms with Crippen LogP contribution in [0.25, 0.3) is 0 Å². The maximum absolute atomic E-state index is 12.6. The Morgan fingerprint density at radius 1 is 1.30 bits per heavy atom. The van der Waals surface area contributed by atoms with Crippen molar-refractivity contribution in [3.05, 3.63) is 29.8 Å². The Morgan fingerprint density at radius 3 is 2.60 bits per heavy atom. The van der Waals surface area contributed by atoms with Gasteiger partial charge >= 0.3 is 0 Å². The SMILES string of the molecule is COc1ccccc1CC(=O)N1C2CCC1CC(O)C2. The molecule has 4 heteroatoms. The summed E-state index contributed by atoms with van der Waals surface area (Å²) < 4.78 is 5.31. The van der Waals surface area contributed by atoms with E-state index >= 15 is 0 Å². The summed E-state index contributed by atoms with van der Waals surface area (Å²) in [6.07, 6.45) is 3.66. The Bertz CT molecular complexity index is 488. The van der Waals surface area contributed by atoms with Crippen molar-refractivity contribution in [3.8, 4) is 5.75 Å². The lowest BCUT2D eigenvalue weighted by Gasteiger charge is -2.37. The van der Waals surface area contributed by atoms with Gasteiger partial charge in [0.2, 0.25) is 5.91 Å². The van der Waals surface area contributed by atoms with Gasteiger partial charge in [-0.05, 0) is 31.7 Å². The number of amides is 1. The molecule has 2 fully saturated rings. The molecule has 0 aromatic heterocycles. The normalized spacial score (nSPS) is 28.5. The molecule has 2 unspecified atom stereocenters. The highest BCUT2D eigenvalue weighted by Gasteiger charge is 2.42. The molecule has 0 saturated carbocycles. The van der Waals surface area contributed by atoms with Crippen LogP contribution >= 0.6 is 0 Å². The molecular weight excluding hydrogens is 254 g/mol. The van der Waals surface area contributed by atoms with Crippen molar-refractivity contribution in [2.75, 3.05) is 7.11 Å². The summed E-state index contributed by atoms with van der Waals surface area (Å²) in [6, 6.07) is 8.12. The molecule has 2 saturated heterocycles. The molecule has 1 aromatic rings. The summed E-state index contributed by atoms with van der Waals surface area (Å²) in [7, 11) is 1.63. The monoisotopic (exact) mass is 275 g/mol. The fraction of sp³-hybridized carbons (Fsp3) is 0.562. The van der Waals surface area contributed by atoms with Gasteiger partial charge in [0, 0.05) is 17.6 Å². The molecule has 0 radical (unpaired) electrons. The quantitative estimate of drug-likeness (QED) is 0.914. The highest BCUT2D eigenvalue weighted by Crippen LogP contribution is 2.36. The summed E-state index contributed by atoms with van der Waals surface area (Å²) in [6.45, 7) is 0. The lowest BCUT2D eigenvalue weighted by atomic mass is 9.98. The van der Waals surface area contributed by atoms with E-state index in [0.717, 1.165) is 37.0 Å². The van der Waals surface area contributed by atoms with Gasteiger partial charge in [-0.3, -0.25) is 4.79 Å². The number of para-hydroxylation sites is 1. The van der Waals surface area contributed by atoms with Gasteiger partial charge < -0.3 is 14.7 Å². The number of rotatable bonds is 3. The van der Waals surface area contributed by atoms with Crippen molar-refractivity contribution in [2.45, 2.75) is 50.3 Å². The minimum Gasteiger partial charge on any atom is -0.496 e. The number of carbonyl (C=O) groups is 1. The zero-order valence-electron chi connectivity index (χ0n) is 11.8. The van der Waals surface area contributed by atoms with E-state index in [9.17, 15) is 9.90 Å². The number of carbonyl (C=O) groups excluding carboxylic acids is 1. The number of benzene rings is 1. The molecule has 20 heavy (non-hydrogen) atoms. The zero-order valence-corrected chi connectivity index (χ0v) is 11.8. The van der Waals surface area contributed by atoms with E-state index in [1.807, 2.05) is 29.2 Å². The molecule has 2 bridgehead atoms. The maximum atomic E-state index is 12.6. The van der Waals surface area contributed by atoms with Crippen LogP contribution in [-0.2, 0) is 11.2 Å². The van der Waals surface area contributed by atoms with Gasteiger partial charge in [0.05, 0.1) is 19.6 Å². The van der Waals surface area contributed by atoms with Crippen molar-refractivity contribution in [1.29, 1.82) is 0 Å². The Kier molecular flexibility index (Phi) is 3.66. The minimum atomic E-state index is -0.234. The third kappa shape index (κ3) is 2.40. The fourth-order valence-electron chi connectivity index (χ4n) is 3.66.